The van der Waals surface area contributed by atoms with Crippen LogP contribution in [0, 0.1) is 6.92 Å². The highest BCUT2D eigenvalue weighted by molar-refractivity contribution is 8.01. The van der Waals surface area contributed by atoms with Crippen molar-refractivity contribution in [2.75, 3.05) is 17.7 Å². The van der Waals surface area contributed by atoms with Gasteiger partial charge in [-0.25, -0.2) is 4.98 Å². The fourth-order valence-corrected chi connectivity index (χ4v) is 3.76. The Morgan fingerprint density at radius 2 is 2.21 bits per heavy atom. The van der Waals surface area contributed by atoms with Crippen LogP contribution < -0.4 is 15.8 Å². The van der Waals surface area contributed by atoms with Crippen molar-refractivity contribution in [3.8, 4) is 5.75 Å². The molecule has 2 aromatic rings. The molecule has 1 heterocycles. The largest absolute Gasteiger partial charge is 0.484 e. The highest BCUT2D eigenvalue weighted by Crippen LogP contribution is 2.31. The van der Waals surface area contributed by atoms with Crippen LogP contribution in [0.5, 0.6) is 5.75 Å². The van der Waals surface area contributed by atoms with Crippen molar-refractivity contribution >= 4 is 40.0 Å². The van der Waals surface area contributed by atoms with E-state index in [4.69, 9.17) is 10.5 Å². The molecule has 1 aromatic heterocycles. The summed E-state index contributed by atoms with van der Waals surface area (Å²) in [6, 6.07) is 7.65. The maximum atomic E-state index is 12.0. The lowest BCUT2D eigenvalue weighted by atomic mass is 10.2. The van der Waals surface area contributed by atoms with Gasteiger partial charge >= 0.3 is 0 Å². The van der Waals surface area contributed by atoms with E-state index in [0.29, 0.717) is 10.9 Å². The third-order valence-corrected chi connectivity index (χ3v) is 5.48. The second-order valence-corrected chi connectivity index (χ2v) is 7.23. The first-order chi connectivity index (χ1) is 11.5. The number of aryl methyl sites for hydroxylation is 2. The van der Waals surface area contributed by atoms with Crippen LogP contribution in [-0.2, 0) is 16.0 Å². The number of anilines is 1. The van der Waals surface area contributed by atoms with Gasteiger partial charge in [0.15, 0.2) is 11.7 Å². The van der Waals surface area contributed by atoms with E-state index in [-0.39, 0.29) is 24.2 Å². The van der Waals surface area contributed by atoms with Crippen LogP contribution in [0.15, 0.2) is 28.5 Å². The Morgan fingerprint density at radius 1 is 1.42 bits per heavy atom. The Hall–Kier alpha value is -2.06. The van der Waals surface area contributed by atoms with Crippen molar-refractivity contribution in [1.29, 1.82) is 0 Å². The average Bonchev–Trinajstić information content (AvgIpc) is 2.90. The van der Waals surface area contributed by atoms with Crippen LogP contribution in [0.25, 0.3) is 0 Å². The predicted molar refractivity (Wildman–Crippen MR) is 96.7 cm³/mol. The molecule has 0 aliphatic carbocycles. The standard InChI is InChI=1S/C16H19N3O3S2/c1-3-11-5-4-6-12(7-11)22-8-14(21)19-16-18-10(2)15(24-16)23-9-13(17)20/h4-7H,3,8-9H2,1-2H3,(H2,17,20)(H,18,19,21). The van der Waals surface area contributed by atoms with E-state index in [1.54, 1.807) is 0 Å². The summed E-state index contributed by atoms with van der Waals surface area (Å²) in [5, 5.41) is 3.19. The molecule has 0 radical (unpaired) electrons. The lowest BCUT2D eigenvalue weighted by molar-refractivity contribution is -0.118. The zero-order valence-electron chi connectivity index (χ0n) is 13.5. The average molecular weight is 365 g/mol. The Kier molecular flexibility index (Phi) is 6.62. The number of carbonyl (C=O) groups is 2. The number of amides is 2. The van der Waals surface area contributed by atoms with Gasteiger partial charge in [0.25, 0.3) is 5.91 Å². The fourth-order valence-electron chi connectivity index (χ4n) is 1.87. The minimum atomic E-state index is -0.388. The number of thioether (sulfide) groups is 1. The van der Waals surface area contributed by atoms with Gasteiger partial charge in [0.1, 0.15) is 5.75 Å². The number of aromatic nitrogens is 1. The van der Waals surface area contributed by atoms with Gasteiger partial charge in [-0.3, -0.25) is 14.9 Å². The van der Waals surface area contributed by atoms with Gasteiger partial charge in [0.2, 0.25) is 5.91 Å². The first kappa shape index (κ1) is 18.3. The van der Waals surface area contributed by atoms with Crippen LogP contribution in [0.1, 0.15) is 18.2 Å². The molecule has 0 atom stereocenters. The summed E-state index contributed by atoms with van der Waals surface area (Å²) >= 11 is 2.63. The summed E-state index contributed by atoms with van der Waals surface area (Å²) in [6.45, 7) is 3.79. The molecule has 0 fully saturated rings. The van der Waals surface area contributed by atoms with Gasteiger partial charge in [-0.05, 0) is 31.0 Å². The number of thiazole rings is 1. The van der Waals surface area contributed by atoms with Crippen LogP contribution in [-0.4, -0.2) is 29.2 Å². The number of ether oxygens (including phenoxy) is 1. The summed E-state index contributed by atoms with van der Waals surface area (Å²) in [5.74, 6) is 0.184. The number of primary amides is 1. The lowest BCUT2D eigenvalue weighted by Crippen LogP contribution is -2.20. The summed E-state index contributed by atoms with van der Waals surface area (Å²) < 4.78 is 6.36. The van der Waals surface area contributed by atoms with E-state index in [0.717, 1.165) is 21.9 Å². The van der Waals surface area contributed by atoms with Crippen molar-refractivity contribution in [2.45, 2.75) is 24.5 Å². The first-order valence-corrected chi connectivity index (χ1v) is 9.18. The zero-order chi connectivity index (χ0) is 17.5. The Labute approximate surface area is 148 Å². The Morgan fingerprint density at radius 3 is 2.92 bits per heavy atom. The van der Waals surface area contributed by atoms with Gasteiger partial charge in [0.05, 0.1) is 15.7 Å². The fraction of sp³-hybridized carbons (Fsp3) is 0.312. The maximum absolute atomic E-state index is 12.0. The molecule has 0 saturated carbocycles. The van der Waals surface area contributed by atoms with Crippen LogP contribution in [0.3, 0.4) is 0 Å². The molecule has 24 heavy (non-hydrogen) atoms. The second kappa shape index (κ2) is 8.70. The third kappa shape index (κ3) is 5.54. The molecule has 0 unspecified atom stereocenters. The monoisotopic (exact) mass is 365 g/mol. The van der Waals surface area contributed by atoms with Gasteiger partial charge in [-0.1, -0.05) is 30.4 Å². The van der Waals surface area contributed by atoms with Gasteiger partial charge < -0.3 is 10.5 Å². The minimum Gasteiger partial charge on any atom is -0.484 e. The molecule has 3 N–H and O–H groups in total. The molecule has 128 valence electrons. The van der Waals surface area contributed by atoms with Crippen LogP contribution >= 0.6 is 23.1 Å². The van der Waals surface area contributed by atoms with E-state index in [9.17, 15) is 9.59 Å². The van der Waals surface area contributed by atoms with Gasteiger partial charge in [-0.2, -0.15) is 0 Å². The van der Waals surface area contributed by atoms with E-state index < -0.39 is 0 Å². The van der Waals surface area contributed by atoms with Crippen LogP contribution in [0.2, 0.25) is 0 Å². The lowest BCUT2D eigenvalue weighted by Gasteiger charge is -2.07. The number of carbonyl (C=O) groups excluding carboxylic acids is 2. The highest BCUT2D eigenvalue weighted by atomic mass is 32.2. The molecule has 2 amide bonds. The number of rotatable bonds is 8. The molecular formula is C16H19N3O3S2. The number of nitrogens with two attached hydrogens (primary N) is 1. The van der Waals surface area contributed by atoms with Gasteiger partial charge in [0, 0.05) is 0 Å². The minimum absolute atomic E-state index is 0.0877. The summed E-state index contributed by atoms with van der Waals surface area (Å²) in [6.07, 6.45) is 0.910. The van der Waals surface area contributed by atoms with Crippen molar-refractivity contribution in [3.63, 3.8) is 0 Å². The van der Waals surface area contributed by atoms with Crippen molar-refractivity contribution in [2.24, 2.45) is 5.73 Å². The summed E-state index contributed by atoms with van der Waals surface area (Å²) in [4.78, 5) is 27.1. The predicted octanol–water partition coefficient (Wildman–Crippen LogP) is 2.61. The van der Waals surface area contributed by atoms with Gasteiger partial charge in [-0.15, -0.1) is 11.8 Å². The highest BCUT2D eigenvalue weighted by Gasteiger charge is 2.12. The molecule has 0 spiro atoms. The van der Waals surface area contributed by atoms with Crippen molar-refractivity contribution in [1.82, 2.24) is 4.98 Å². The molecule has 0 aliphatic rings. The van der Waals surface area contributed by atoms with E-state index in [1.165, 1.54) is 23.1 Å². The molecule has 0 bridgehead atoms. The van der Waals surface area contributed by atoms with Crippen molar-refractivity contribution < 1.29 is 14.3 Å². The first-order valence-electron chi connectivity index (χ1n) is 7.38. The molecule has 2 rings (SSSR count). The number of nitrogens with zero attached hydrogens (tertiary/aromatic N) is 1. The number of nitrogens with one attached hydrogen (secondary N) is 1. The van der Waals surface area contributed by atoms with E-state index in [1.807, 2.05) is 31.2 Å². The molecule has 6 nitrogen and oxygen atoms in total. The molecule has 1 aromatic carbocycles. The quantitative estimate of drug-likeness (QED) is 0.701. The van der Waals surface area contributed by atoms with E-state index in [2.05, 4.69) is 17.2 Å². The third-order valence-electron chi connectivity index (χ3n) is 3.02. The number of hydrogen-bond acceptors (Lipinski definition) is 6. The molecular weight excluding hydrogens is 346 g/mol. The molecule has 0 aliphatic heterocycles. The van der Waals surface area contributed by atoms with Crippen LogP contribution in [0.4, 0.5) is 5.13 Å². The SMILES string of the molecule is CCc1cccc(OCC(=O)Nc2nc(C)c(SCC(N)=O)s2)c1. The second-order valence-electron chi connectivity index (χ2n) is 4.98. The topological polar surface area (TPSA) is 94.3 Å². The summed E-state index contributed by atoms with van der Waals surface area (Å²) in [5.41, 5.74) is 7.05. The number of benzene rings is 1. The van der Waals surface area contributed by atoms with Crippen molar-refractivity contribution in [3.05, 3.63) is 35.5 Å². The Balaban J connectivity index is 1.87. The zero-order valence-corrected chi connectivity index (χ0v) is 15.1. The number of hydrogen-bond donors (Lipinski definition) is 2. The Bertz CT molecular complexity index is 731. The molecule has 8 heteroatoms. The van der Waals surface area contributed by atoms with E-state index >= 15 is 0 Å². The maximum Gasteiger partial charge on any atom is 0.264 e. The summed E-state index contributed by atoms with van der Waals surface area (Å²) in [7, 11) is 0. The molecule has 0 saturated heterocycles. The smallest absolute Gasteiger partial charge is 0.264 e. The normalized spacial score (nSPS) is 10.4.